The highest BCUT2D eigenvalue weighted by atomic mass is 19.4. The van der Waals surface area contributed by atoms with Crippen molar-refractivity contribution in [2.24, 2.45) is 0 Å². The van der Waals surface area contributed by atoms with E-state index in [1.807, 2.05) is 13.0 Å². The van der Waals surface area contributed by atoms with Gasteiger partial charge in [0.2, 0.25) is 0 Å². The summed E-state index contributed by atoms with van der Waals surface area (Å²) in [7, 11) is 0. The minimum Gasteiger partial charge on any atom is -0.378 e. The van der Waals surface area contributed by atoms with Crippen LogP contribution in [0.15, 0.2) is 30.3 Å². The summed E-state index contributed by atoms with van der Waals surface area (Å²) in [4.78, 5) is 0. The molecule has 1 heterocycles. The number of morpholine rings is 1. The van der Waals surface area contributed by atoms with Crippen molar-refractivity contribution in [1.29, 1.82) is 0 Å². The first kappa shape index (κ1) is 14.1. The molecule has 19 heavy (non-hydrogen) atoms. The van der Waals surface area contributed by atoms with E-state index in [1.54, 1.807) is 12.1 Å². The summed E-state index contributed by atoms with van der Waals surface area (Å²) >= 11 is 0. The molecule has 0 radical (unpaired) electrons. The lowest BCUT2D eigenvalue weighted by atomic mass is 10.1. The van der Waals surface area contributed by atoms with Crippen LogP contribution in [0.4, 0.5) is 13.2 Å². The number of hydrogen-bond donors (Lipinski definition) is 1. The van der Waals surface area contributed by atoms with E-state index in [9.17, 15) is 13.2 Å². The third kappa shape index (κ3) is 4.08. The minimum absolute atomic E-state index is 0.0401. The Bertz CT molecular complexity index is 456. The highest BCUT2D eigenvalue weighted by Crippen LogP contribution is 2.29. The fraction of sp³-hybridized carbons (Fsp3) is 0.429. The number of alkyl halides is 3. The topological polar surface area (TPSA) is 21.3 Å². The monoisotopic (exact) mass is 271 g/mol. The van der Waals surface area contributed by atoms with Gasteiger partial charge in [-0.1, -0.05) is 24.3 Å². The molecule has 2 atom stereocenters. The van der Waals surface area contributed by atoms with E-state index >= 15 is 0 Å². The van der Waals surface area contributed by atoms with Crippen molar-refractivity contribution in [3.8, 4) is 0 Å². The predicted molar refractivity (Wildman–Crippen MR) is 67.7 cm³/mol. The van der Waals surface area contributed by atoms with E-state index in [0.29, 0.717) is 18.8 Å². The Morgan fingerprint density at radius 1 is 1.32 bits per heavy atom. The fourth-order valence-corrected chi connectivity index (χ4v) is 1.99. The zero-order valence-electron chi connectivity index (χ0n) is 10.6. The summed E-state index contributed by atoms with van der Waals surface area (Å²) in [5.41, 5.74) is -0.0919. The van der Waals surface area contributed by atoms with Crippen LogP contribution in [-0.2, 0) is 10.9 Å². The van der Waals surface area contributed by atoms with Crippen molar-refractivity contribution in [1.82, 2.24) is 5.32 Å². The van der Waals surface area contributed by atoms with Crippen LogP contribution >= 0.6 is 0 Å². The number of nitrogens with one attached hydrogen (secondary N) is 1. The maximum atomic E-state index is 12.6. The first-order valence-electron chi connectivity index (χ1n) is 6.14. The molecule has 2 rings (SSSR count). The van der Waals surface area contributed by atoms with Crippen LogP contribution in [0.2, 0.25) is 0 Å². The molecule has 1 aliphatic rings. The zero-order valence-corrected chi connectivity index (χ0v) is 10.6. The lowest BCUT2D eigenvalue weighted by molar-refractivity contribution is -0.137. The molecule has 1 fully saturated rings. The molecule has 1 N–H and O–H groups in total. The number of ether oxygens (including phenoxy) is 1. The van der Waals surface area contributed by atoms with Crippen molar-refractivity contribution in [3.05, 3.63) is 41.5 Å². The molecule has 2 nitrogen and oxygen atoms in total. The summed E-state index contributed by atoms with van der Waals surface area (Å²) < 4.78 is 43.0. The molecule has 0 aromatic heterocycles. The van der Waals surface area contributed by atoms with E-state index in [0.717, 1.165) is 12.1 Å². The van der Waals surface area contributed by atoms with E-state index < -0.39 is 11.7 Å². The summed E-state index contributed by atoms with van der Waals surface area (Å²) in [6.07, 6.45) is -0.774. The molecular formula is C14H16F3NO. The second-order valence-corrected chi connectivity index (χ2v) is 4.69. The van der Waals surface area contributed by atoms with Crippen LogP contribution in [0.3, 0.4) is 0 Å². The van der Waals surface area contributed by atoms with Gasteiger partial charge in [-0.05, 0) is 24.6 Å². The number of halogens is 3. The van der Waals surface area contributed by atoms with E-state index in [-0.39, 0.29) is 12.1 Å². The van der Waals surface area contributed by atoms with E-state index in [4.69, 9.17) is 4.74 Å². The normalized spacial score (nSPS) is 24.8. The average Bonchev–Trinajstić information content (AvgIpc) is 2.36. The number of benzene rings is 1. The van der Waals surface area contributed by atoms with Crippen molar-refractivity contribution in [2.75, 3.05) is 13.2 Å². The maximum absolute atomic E-state index is 12.6. The number of hydrogen-bond acceptors (Lipinski definition) is 2. The van der Waals surface area contributed by atoms with Crippen molar-refractivity contribution < 1.29 is 17.9 Å². The van der Waals surface area contributed by atoms with Gasteiger partial charge in [-0.3, -0.25) is 0 Å². The summed E-state index contributed by atoms with van der Waals surface area (Å²) in [6.45, 7) is 3.21. The third-order valence-corrected chi connectivity index (χ3v) is 2.90. The third-order valence-electron chi connectivity index (χ3n) is 2.90. The SMILES string of the molecule is CC1COCC(/C=C/c2cccc(C(F)(F)F)c2)N1. The summed E-state index contributed by atoms with van der Waals surface area (Å²) in [5, 5.41) is 3.30. The van der Waals surface area contributed by atoms with Crippen molar-refractivity contribution in [3.63, 3.8) is 0 Å². The molecule has 104 valence electrons. The van der Waals surface area contributed by atoms with Gasteiger partial charge in [-0.25, -0.2) is 0 Å². The first-order chi connectivity index (χ1) is 8.95. The van der Waals surface area contributed by atoms with Gasteiger partial charge < -0.3 is 10.1 Å². The van der Waals surface area contributed by atoms with Crippen LogP contribution in [0.25, 0.3) is 6.08 Å². The highest BCUT2D eigenvalue weighted by Gasteiger charge is 2.30. The van der Waals surface area contributed by atoms with Crippen LogP contribution in [0.1, 0.15) is 18.1 Å². The molecule has 1 saturated heterocycles. The van der Waals surface area contributed by atoms with Gasteiger partial charge in [0.05, 0.1) is 18.8 Å². The minimum atomic E-state index is -4.30. The van der Waals surface area contributed by atoms with Gasteiger partial charge in [0, 0.05) is 12.1 Å². The van der Waals surface area contributed by atoms with Crippen LogP contribution in [-0.4, -0.2) is 25.3 Å². The van der Waals surface area contributed by atoms with E-state index in [2.05, 4.69) is 5.32 Å². The van der Waals surface area contributed by atoms with Gasteiger partial charge in [0.25, 0.3) is 0 Å². The van der Waals surface area contributed by atoms with Gasteiger partial charge in [0.15, 0.2) is 0 Å². The molecule has 0 spiro atoms. The van der Waals surface area contributed by atoms with Crippen LogP contribution in [0, 0.1) is 0 Å². The quantitative estimate of drug-likeness (QED) is 0.892. The molecule has 0 aliphatic carbocycles. The van der Waals surface area contributed by atoms with Gasteiger partial charge in [0.1, 0.15) is 0 Å². The highest BCUT2D eigenvalue weighted by molar-refractivity contribution is 5.51. The molecule has 0 bridgehead atoms. The molecule has 1 aliphatic heterocycles. The molecule has 5 heteroatoms. The maximum Gasteiger partial charge on any atom is 0.416 e. The second-order valence-electron chi connectivity index (χ2n) is 4.69. The number of rotatable bonds is 2. The standard InChI is InChI=1S/C14H16F3NO/c1-10-8-19-9-13(18-10)6-5-11-3-2-4-12(7-11)14(15,16)17/h2-7,10,13,18H,8-9H2,1H3/b6-5+. The van der Waals surface area contributed by atoms with Crippen molar-refractivity contribution >= 4 is 6.08 Å². The van der Waals surface area contributed by atoms with E-state index in [1.165, 1.54) is 6.07 Å². The summed E-state index contributed by atoms with van der Waals surface area (Å²) in [5.74, 6) is 0. The fourth-order valence-electron chi connectivity index (χ4n) is 1.99. The molecule has 1 aromatic carbocycles. The first-order valence-corrected chi connectivity index (χ1v) is 6.14. The summed E-state index contributed by atoms with van der Waals surface area (Å²) in [6, 6.07) is 5.57. The van der Waals surface area contributed by atoms with Crippen molar-refractivity contribution in [2.45, 2.75) is 25.2 Å². The largest absolute Gasteiger partial charge is 0.416 e. The Kier molecular flexibility index (Phi) is 4.27. The van der Waals surface area contributed by atoms with Gasteiger partial charge in [-0.15, -0.1) is 0 Å². The predicted octanol–water partition coefficient (Wildman–Crippen LogP) is 3.10. The molecule has 0 saturated carbocycles. The molecular weight excluding hydrogens is 255 g/mol. The Morgan fingerprint density at radius 3 is 2.79 bits per heavy atom. The van der Waals surface area contributed by atoms with Gasteiger partial charge >= 0.3 is 6.18 Å². The zero-order chi connectivity index (χ0) is 13.9. The Hall–Kier alpha value is -1.33. The smallest absolute Gasteiger partial charge is 0.378 e. The Balaban J connectivity index is 2.06. The lowest BCUT2D eigenvalue weighted by Crippen LogP contribution is -2.46. The lowest BCUT2D eigenvalue weighted by Gasteiger charge is -2.26. The van der Waals surface area contributed by atoms with Gasteiger partial charge in [-0.2, -0.15) is 13.2 Å². The second kappa shape index (κ2) is 5.75. The molecule has 2 unspecified atom stereocenters. The van der Waals surface area contributed by atoms with Crippen LogP contribution in [0.5, 0.6) is 0 Å². The van der Waals surface area contributed by atoms with Crippen LogP contribution < -0.4 is 5.32 Å². The average molecular weight is 271 g/mol. The molecule has 1 aromatic rings. The molecule has 0 amide bonds. The Morgan fingerprint density at radius 2 is 2.11 bits per heavy atom. The Labute approximate surface area is 110 Å².